The molecule has 23 heavy (non-hydrogen) atoms. The second-order valence-electron chi connectivity index (χ2n) is 5.32. The fourth-order valence-corrected chi connectivity index (χ4v) is 2.30. The maximum atomic E-state index is 12.4. The number of nitrogens with zero attached hydrogens (tertiary/aromatic N) is 3. The number of nitriles is 1. The van der Waals surface area contributed by atoms with Crippen LogP contribution in [0.3, 0.4) is 0 Å². The smallest absolute Gasteiger partial charge is 0.266 e. The Morgan fingerprint density at radius 2 is 1.91 bits per heavy atom. The van der Waals surface area contributed by atoms with Crippen molar-refractivity contribution in [3.05, 3.63) is 41.6 Å². The van der Waals surface area contributed by atoms with E-state index in [1.54, 1.807) is 29.2 Å². The second kappa shape index (κ2) is 7.42. The van der Waals surface area contributed by atoms with Crippen molar-refractivity contribution in [1.29, 1.82) is 5.26 Å². The maximum Gasteiger partial charge on any atom is 0.266 e. The van der Waals surface area contributed by atoms with Gasteiger partial charge in [0.1, 0.15) is 11.6 Å². The number of rotatable bonds is 4. The zero-order valence-corrected chi connectivity index (χ0v) is 13.0. The number of nitrogens with one attached hydrogen (secondary N) is 1. The molecule has 1 saturated heterocycles. The Hall–Kier alpha value is -2.85. The first-order valence-electron chi connectivity index (χ1n) is 7.26. The highest BCUT2D eigenvalue weighted by Gasteiger charge is 2.22. The molecule has 1 heterocycles. The summed E-state index contributed by atoms with van der Waals surface area (Å²) in [5, 5.41) is 12.1. The standard InChI is InChI=1S/C16H19N5O2/c1-20-6-8-21(9-7-20)16(23)12(10-17)11-19-14-5-3-2-4-13(14)15(18)22/h2-5,11,19H,6-9H2,1H3,(H2,18,22)/b12-11-. The largest absolute Gasteiger partial charge is 0.366 e. The number of hydrogen-bond donors (Lipinski definition) is 2. The molecule has 0 unspecified atom stereocenters. The van der Waals surface area contributed by atoms with E-state index in [1.165, 1.54) is 6.20 Å². The van der Waals surface area contributed by atoms with E-state index >= 15 is 0 Å². The molecule has 1 aliphatic heterocycles. The van der Waals surface area contributed by atoms with Gasteiger partial charge in [-0.1, -0.05) is 12.1 Å². The van der Waals surface area contributed by atoms with Gasteiger partial charge in [-0.25, -0.2) is 0 Å². The Kier molecular flexibility index (Phi) is 5.33. The highest BCUT2D eigenvalue weighted by molar-refractivity contribution is 6.00. The molecule has 2 rings (SSSR count). The average molecular weight is 313 g/mol. The lowest BCUT2D eigenvalue weighted by Gasteiger charge is -2.32. The number of likely N-dealkylation sites (N-methyl/N-ethyl adjacent to an activating group) is 1. The number of nitrogens with two attached hydrogens (primary N) is 1. The van der Waals surface area contributed by atoms with E-state index in [0.29, 0.717) is 24.3 Å². The lowest BCUT2D eigenvalue weighted by molar-refractivity contribution is -0.128. The quantitative estimate of drug-likeness (QED) is 0.618. The van der Waals surface area contributed by atoms with Crippen molar-refractivity contribution in [2.75, 3.05) is 38.5 Å². The summed E-state index contributed by atoms with van der Waals surface area (Å²) >= 11 is 0. The summed E-state index contributed by atoms with van der Waals surface area (Å²) in [4.78, 5) is 27.5. The summed E-state index contributed by atoms with van der Waals surface area (Å²) in [5.41, 5.74) is 6.05. The zero-order chi connectivity index (χ0) is 16.8. The van der Waals surface area contributed by atoms with Crippen LogP contribution in [0.4, 0.5) is 5.69 Å². The molecule has 120 valence electrons. The third kappa shape index (κ3) is 4.08. The van der Waals surface area contributed by atoms with E-state index in [-0.39, 0.29) is 11.5 Å². The number of primary amides is 1. The van der Waals surface area contributed by atoms with Gasteiger partial charge in [-0.05, 0) is 19.2 Å². The topological polar surface area (TPSA) is 102 Å². The van der Waals surface area contributed by atoms with Gasteiger partial charge in [-0.2, -0.15) is 5.26 Å². The number of anilines is 1. The maximum absolute atomic E-state index is 12.4. The van der Waals surface area contributed by atoms with E-state index in [2.05, 4.69) is 10.2 Å². The van der Waals surface area contributed by atoms with Crippen LogP contribution in [0.5, 0.6) is 0 Å². The predicted molar refractivity (Wildman–Crippen MR) is 86.4 cm³/mol. The minimum absolute atomic E-state index is 0.00572. The van der Waals surface area contributed by atoms with Gasteiger partial charge in [0.25, 0.3) is 11.8 Å². The predicted octanol–water partition coefficient (Wildman–Crippen LogP) is 0.379. The minimum atomic E-state index is -0.578. The minimum Gasteiger partial charge on any atom is -0.366 e. The van der Waals surface area contributed by atoms with E-state index in [1.807, 2.05) is 13.1 Å². The molecule has 0 saturated carbocycles. The van der Waals surface area contributed by atoms with Crippen molar-refractivity contribution in [2.45, 2.75) is 0 Å². The summed E-state index contributed by atoms with van der Waals surface area (Å²) in [6, 6.07) is 8.56. The molecule has 0 atom stereocenters. The van der Waals surface area contributed by atoms with Gasteiger partial charge in [0.05, 0.1) is 11.3 Å². The van der Waals surface area contributed by atoms with Crippen molar-refractivity contribution in [1.82, 2.24) is 9.80 Å². The second-order valence-corrected chi connectivity index (χ2v) is 5.32. The molecule has 7 heteroatoms. The highest BCUT2D eigenvalue weighted by atomic mass is 16.2. The van der Waals surface area contributed by atoms with Crippen LogP contribution in [0.2, 0.25) is 0 Å². The average Bonchev–Trinajstić information content (AvgIpc) is 2.56. The van der Waals surface area contributed by atoms with Crippen LogP contribution in [0.1, 0.15) is 10.4 Å². The molecule has 3 N–H and O–H groups in total. The summed E-state index contributed by atoms with van der Waals surface area (Å²) in [5.74, 6) is -0.893. The zero-order valence-electron chi connectivity index (χ0n) is 13.0. The molecule has 0 spiro atoms. The third-order valence-corrected chi connectivity index (χ3v) is 3.71. The molecule has 0 aromatic heterocycles. The molecule has 1 aromatic carbocycles. The molecule has 2 amide bonds. The number of carbonyl (C=O) groups excluding carboxylic acids is 2. The summed E-state index contributed by atoms with van der Waals surface area (Å²) in [6.45, 7) is 2.74. The Labute approximate surface area is 135 Å². The van der Waals surface area contributed by atoms with Gasteiger partial charge < -0.3 is 20.9 Å². The number of benzene rings is 1. The van der Waals surface area contributed by atoms with Crippen molar-refractivity contribution in [3.8, 4) is 6.07 Å². The first-order chi connectivity index (χ1) is 11.0. The number of amides is 2. The number of carbonyl (C=O) groups is 2. The molecule has 0 bridgehead atoms. The van der Waals surface area contributed by atoms with Crippen molar-refractivity contribution in [3.63, 3.8) is 0 Å². The van der Waals surface area contributed by atoms with Crippen LogP contribution in [0, 0.1) is 11.3 Å². The first kappa shape index (κ1) is 16.5. The molecular weight excluding hydrogens is 294 g/mol. The molecule has 1 fully saturated rings. The number of piperazine rings is 1. The van der Waals surface area contributed by atoms with Crippen LogP contribution in [-0.2, 0) is 4.79 Å². The molecule has 0 radical (unpaired) electrons. The first-order valence-corrected chi connectivity index (χ1v) is 7.26. The van der Waals surface area contributed by atoms with E-state index in [9.17, 15) is 14.9 Å². The Morgan fingerprint density at radius 3 is 2.52 bits per heavy atom. The molecule has 7 nitrogen and oxygen atoms in total. The Balaban J connectivity index is 2.12. The van der Waals surface area contributed by atoms with Crippen LogP contribution in [-0.4, -0.2) is 54.8 Å². The van der Waals surface area contributed by atoms with Crippen LogP contribution >= 0.6 is 0 Å². The van der Waals surface area contributed by atoms with Gasteiger partial charge in [0, 0.05) is 32.4 Å². The fraction of sp³-hybridized carbons (Fsp3) is 0.312. The van der Waals surface area contributed by atoms with Gasteiger partial charge in [-0.15, -0.1) is 0 Å². The van der Waals surface area contributed by atoms with Crippen LogP contribution in [0.15, 0.2) is 36.0 Å². The third-order valence-electron chi connectivity index (χ3n) is 3.71. The van der Waals surface area contributed by atoms with Crippen molar-refractivity contribution in [2.24, 2.45) is 5.73 Å². The summed E-state index contributed by atoms with van der Waals surface area (Å²) < 4.78 is 0. The molecule has 1 aromatic rings. The summed E-state index contributed by atoms with van der Waals surface area (Å²) in [7, 11) is 1.99. The highest BCUT2D eigenvalue weighted by Crippen LogP contribution is 2.15. The normalized spacial score (nSPS) is 15.8. The van der Waals surface area contributed by atoms with Gasteiger partial charge in [-0.3, -0.25) is 9.59 Å². The van der Waals surface area contributed by atoms with E-state index in [4.69, 9.17) is 5.73 Å². The van der Waals surface area contributed by atoms with Crippen molar-refractivity contribution < 1.29 is 9.59 Å². The molecular formula is C16H19N5O2. The fourth-order valence-electron chi connectivity index (χ4n) is 2.30. The Morgan fingerprint density at radius 1 is 1.26 bits per heavy atom. The van der Waals surface area contributed by atoms with Crippen molar-refractivity contribution >= 4 is 17.5 Å². The van der Waals surface area contributed by atoms with Gasteiger partial charge in [0.15, 0.2) is 0 Å². The molecule has 1 aliphatic rings. The lowest BCUT2D eigenvalue weighted by Crippen LogP contribution is -2.47. The lowest BCUT2D eigenvalue weighted by atomic mass is 10.1. The monoisotopic (exact) mass is 313 g/mol. The van der Waals surface area contributed by atoms with Gasteiger partial charge >= 0.3 is 0 Å². The number of hydrogen-bond acceptors (Lipinski definition) is 5. The van der Waals surface area contributed by atoms with Crippen LogP contribution in [0.25, 0.3) is 0 Å². The SMILES string of the molecule is CN1CCN(C(=O)/C(C#N)=C\Nc2ccccc2C(N)=O)CC1. The molecule has 0 aliphatic carbocycles. The van der Waals surface area contributed by atoms with Crippen LogP contribution < -0.4 is 11.1 Å². The summed E-state index contributed by atoms with van der Waals surface area (Å²) in [6.07, 6.45) is 1.32. The van der Waals surface area contributed by atoms with E-state index < -0.39 is 5.91 Å². The van der Waals surface area contributed by atoms with E-state index in [0.717, 1.165) is 13.1 Å². The van der Waals surface area contributed by atoms with Gasteiger partial charge in [0.2, 0.25) is 0 Å². The Bertz CT molecular complexity index is 669. The number of para-hydroxylation sites is 1.